The zero-order chi connectivity index (χ0) is 11.9. The Balaban J connectivity index is 1.68. The molecule has 17 heavy (non-hydrogen) atoms. The van der Waals surface area contributed by atoms with Gasteiger partial charge in [0.05, 0.1) is 0 Å². The van der Waals surface area contributed by atoms with Crippen LogP contribution in [-0.2, 0) is 6.42 Å². The van der Waals surface area contributed by atoms with Crippen molar-refractivity contribution in [3.8, 4) is 0 Å². The van der Waals surface area contributed by atoms with Crippen LogP contribution in [-0.4, -0.2) is 17.0 Å². The highest BCUT2D eigenvalue weighted by molar-refractivity contribution is 8.00. The molecule has 0 spiro atoms. The highest BCUT2D eigenvalue weighted by Crippen LogP contribution is 2.51. The zero-order valence-electron chi connectivity index (χ0n) is 10.4. The SMILES string of the molecule is CC(CO)(CC1Cc2ccccc2S1)C1CC1. The molecular formula is C15H20OS. The lowest BCUT2D eigenvalue weighted by atomic mass is 9.80. The standard InChI is InChI=1S/C15H20OS/c1-15(10-16,12-6-7-12)9-13-8-11-4-2-3-5-14(11)17-13/h2-5,12-13,16H,6-10H2,1H3. The van der Waals surface area contributed by atoms with Gasteiger partial charge in [-0.05, 0) is 48.6 Å². The van der Waals surface area contributed by atoms with Crippen molar-refractivity contribution < 1.29 is 5.11 Å². The smallest absolute Gasteiger partial charge is 0.0487 e. The molecular weight excluding hydrogens is 228 g/mol. The Morgan fingerprint density at radius 2 is 2.12 bits per heavy atom. The third kappa shape index (κ3) is 2.25. The number of hydrogen-bond acceptors (Lipinski definition) is 2. The number of thioether (sulfide) groups is 1. The number of benzene rings is 1. The van der Waals surface area contributed by atoms with Gasteiger partial charge in [-0.25, -0.2) is 0 Å². The maximum absolute atomic E-state index is 9.66. The highest BCUT2D eigenvalue weighted by atomic mass is 32.2. The maximum Gasteiger partial charge on any atom is 0.0487 e. The Hall–Kier alpha value is -0.470. The van der Waals surface area contributed by atoms with E-state index >= 15 is 0 Å². The van der Waals surface area contributed by atoms with Crippen LogP contribution in [0.5, 0.6) is 0 Å². The van der Waals surface area contributed by atoms with Crippen LogP contribution in [0.25, 0.3) is 0 Å². The molecule has 0 bridgehead atoms. The van der Waals surface area contributed by atoms with E-state index in [0.717, 1.165) is 12.3 Å². The summed E-state index contributed by atoms with van der Waals surface area (Å²) < 4.78 is 0. The maximum atomic E-state index is 9.66. The van der Waals surface area contributed by atoms with E-state index in [1.165, 1.54) is 29.7 Å². The van der Waals surface area contributed by atoms with E-state index < -0.39 is 0 Å². The molecule has 0 amide bonds. The van der Waals surface area contributed by atoms with Gasteiger partial charge >= 0.3 is 0 Å². The number of rotatable bonds is 4. The third-order valence-corrected chi connectivity index (χ3v) is 5.65. The van der Waals surface area contributed by atoms with E-state index in [2.05, 4.69) is 31.2 Å². The van der Waals surface area contributed by atoms with Crippen LogP contribution in [0.2, 0.25) is 0 Å². The highest BCUT2D eigenvalue weighted by Gasteiger charge is 2.43. The molecule has 2 atom stereocenters. The van der Waals surface area contributed by atoms with Gasteiger partial charge in [0.1, 0.15) is 0 Å². The minimum absolute atomic E-state index is 0.166. The van der Waals surface area contributed by atoms with Crippen LogP contribution in [0.4, 0.5) is 0 Å². The lowest BCUT2D eigenvalue weighted by molar-refractivity contribution is 0.110. The fraction of sp³-hybridized carbons (Fsp3) is 0.600. The summed E-state index contributed by atoms with van der Waals surface area (Å²) in [5, 5.41) is 10.3. The Kier molecular flexibility index (Phi) is 2.95. The first-order valence-electron chi connectivity index (χ1n) is 6.57. The number of aliphatic hydroxyl groups excluding tert-OH is 1. The summed E-state index contributed by atoms with van der Waals surface area (Å²) in [7, 11) is 0. The minimum Gasteiger partial charge on any atom is -0.396 e. The Labute approximate surface area is 108 Å². The Bertz CT molecular complexity index is 388. The van der Waals surface area contributed by atoms with Gasteiger partial charge in [0.2, 0.25) is 0 Å². The van der Waals surface area contributed by atoms with Crippen molar-refractivity contribution >= 4 is 11.8 Å². The summed E-state index contributed by atoms with van der Waals surface area (Å²) in [6.07, 6.45) is 4.99. The second-order valence-electron chi connectivity index (χ2n) is 5.84. The topological polar surface area (TPSA) is 20.2 Å². The van der Waals surface area contributed by atoms with Gasteiger partial charge in [-0.2, -0.15) is 0 Å². The summed E-state index contributed by atoms with van der Waals surface area (Å²) in [6.45, 7) is 2.62. The van der Waals surface area contributed by atoms with Crippen molar-refractivity contribution in [3.05, 3.63) is 29.8 Å². The predicted molar refractivity (Wildman–Crippen MR) is 72.3 cm³/mol. The summed E-state index contributed by atoms with van der Waals surface area (Å²) in [4.78, 5) is 1.45. The van der Waals surface area contributed by atoms with Gasteiger partial charge in [-0.3, -0.25) is 0 Å². The molecule has 1 fully saturated rings. The summed E-state index contributed by atoms with van der Waals surface area (Å²) >= 11 is 2.01. The molecule has 0 saturated heterocycles. The molecule has 92 valence electrons. The molecule has 2 heteroatoms. The molecule has 1 saturated carbocycles. The van der Waals surface area contributed by atoms with Gasteiger partial charge in [0, 0.05) is 16.8 Å². The van der Waals surface area contributed by atoms with E-state index in [1.807, 2.05) is 11.8 Å². The van der Waals surface area contributed by atoms with Gasteiger partial charge in [0.15, 0.2) is 0 Å². The van der Waals surface area contributed by atoms with E-state index in [0.29, 0.717) is 11.9 Å². The van der Waals surface area contributed by atoms with Crippen molar-refractivity contribution in [2.75, 3.05) is 6.61 Å². The van der Waals surface area contributed by atoms with Crippen molar-refractivity contribution in [2.24, 2.45) is 11.3 Å². The largest absolute Gasteiger partial charge is 0.396 e. The molecule has 3 rings (SSSR count). The summed E-state index contributed by atoms with van der Waals surface area (Å²) in [6, 6.07) is 8.73. The Morgan fingerprint density at radius 3 is 2.76 bits per heavy atom. The molecule has 1 heterocycles. The molecule has 1 N–H and O–H groups in total. The van der Waals surface area contributed by atoms with E-state index in [9.17, 15) is 5.11 Å². The summed E-state index contributed by atoms with van der Waals surface area (Å²) in [5.41, 5.74) is 1.67. The van der Waals surface area contributed by atoms with Gasteiger partial charge in [0.25, 0.3) is 0 Å². The van der Waals surface area contributed by atoms with E-state index in [-0.39, 0.29) is 5.41 Å². The third-order valence-electron chi connectivity index (χ3n) is 4.33. The van der Waals surface area contributed by atoms with E-state index in [1.54, 1.807) is 0 Å². The fourth-order valence-corrected chi connectivity index (χ4v) is 4.57. The molecule has 1 aliphatic heterocycles. The fourth-order valence-electron chi connectivity index (χ4n) is 3.03. The van der Waals surface area contributed by atoms with Crippen molar-refractivity contribution in [2.45, 2.75) is 42.8 Å². The first kappa shape index (κ1) is 11.6. The predicted octanol–water partition coefficient (Wildman–Crippen LogP) is 3.50. The lowest BCUT2D eigenvalue weighted by Gasteiger charge is -2.29. The molecule has 2 aliphatic rings. The second-order valence-corrected chi connectivity index (χ2v) is 7.18. The quantitative estimate of drug-likeness (QED) is 0.880. The van der Waals surface area contributed by atoms with Gasteiger partial charge in [-0.1, -0.05) is 25.1 Å². The first-order chi connectivity index (χ1) is 8.21. The molecule has 1 aromatic carbocycles. The van der Waals surface area contributed by atoms with Crippen molar-refractivity contribution in [1.82, 2.24) is 0 Å². The molecule has 1 aromatic rings. The van der Waals surface area contributed by atoms with Gasteiger partial charge in [-0.15, -0.1) is 11.8 Å². The summed E-state index contributed by atoms with van der Waals surface area (Å²) in [5.74, 6) is 0.775. The lowest BCUT2D eigenvalue weighted by Crippen LogP contribution is -2.28. The van der Waals surface area contributed by atoms with Crippen LogP contribution in [0, 0.1) is 11.3 Å². The first-order valence-corrected chi connectivity index (χ1v) is 7.45. The van der Waals surface area contributed by atoms with Crippen molar-refractivity contribution in [3.63, 3.8) is 0 Å². The van der Waals surface area contributed by atoms with Gasteiger partial charge < -0.3 is 5.11 Å². The van der Waals surface area contributed by atoms with Crippen LogP contribution in [0.15, 0.2) is 29.2 Å². The minimum atomic E-state index is 0.166. The molecule has 1 nitrogen and oxygen atoms in total. The second kappa shape index (κ2) is 4.33. The molecule has 2 unspecified atom stereocenters. The van der Waals surface area contributed by atoms with Crippen LogP contribution >= 0.6 is 11.8 Å². The number of aliphatic hydroxyl groups is 1. The number of fused-ring (bicyclic) bond motifs is 1. The molecule has 1 aliphatic carbocycles. The monoisotopic (exact) mass is 248 g/mol. The molecule has 0 radical (unpaired) electrons. The average Bonchev–Trinajstić information content (AvgIpc) is 3.11. The van der Waals surface area contributed by atoms with Crippen molar-refractivity contribution in [1.29, 1.82) is 0 Å². The van der Waals surface area contributed by atoms with E-state index in [4.69, 9.17) is 0 Å². The van der Waals surface area contributed by atoms with Crippen LogP contribution < -0.4 is 0 Å². The normalized spacial score (nSPS) is 26.6. The number of hydrogen-bond donors (Lipinski definition) is 1. The van der Waals surface area contributed by atoms with Crippen LogP contribution in [0.3, 0.4) is 0 Å². The zero-order valence-corrected chi connectivity index (χ0v) is 11.2. The Morgan fingerprint density at radius 1 is 1.35 bits per heavy atom. The van der Waals surface area contributed by atoms with Crippen LogP contribution in [0.1, 0.15) is 31.7 Å². The average molecular weight is 248 g/mol. The molecule has 0 aromatic heterocycles.